The number of carbonyl (C=O) groups excluding carboxylic acids is 1. The van der Waals surface area contributed by atoms with Gasteiger partial charge < -0.3 is 10.0 Å². The van der Waals surface area contributed by atoms with E-state index in [1.54, 1.807) is 13.1 Å². The molecule has 126 valence electrons. The maximum atomic E-state index is 13.0. The monoisotopic (exact) mass is 327 g/mol. The Morgan fingerprint density at radius 2 is 1.92 bits per heavy atom. The average Bonchev–Trinajstić information content (AvgIpc) is 2.95. The van der Waals surface area contributed by atoms with E-state index in [2.05, 4.69) is 5.10 Å². The van der Waals surface area contributed by atoms with Gasteiger partial charge in [0.2, 0.25) is 0 Å². The van der Waals surface area contributed by atoms with Gasteiger partial charge in [-0.25, -0.2) is 4.79 Å². The Hall–Kier alpha value is -2.63. The summed E-state index contributed by atoms with van der Waals surface area (Å²) in [5, 5.41) is 13.9. The number of hydrogen-bond donors (Lipinski definition) is 1. The number of nitrogens with zero attached hydrogens (tertiary/aromatic N) is 3. The quantitative estimate of drug-likeness (QED) is 0.938. The van der Waals surface area contributed by atoms with Gasteiger partial charge >= 0.3 is 5.97 Å². The number of rotatable bonds is 3. The number of carbonyl (C=O) groups is 2. The summed E-state index contributed by atoms with van der Waals surface area (Å²) in [6.07, 6.45) is 0.326. The van der Waals surface area contributed by atoms with Crippen LogP contribution in [0, 0.1) is 0 Å². The second-order valence-corrected chi connectivity index (χ2v) is 6.49. The molecule has 0 fully saturated rings. The molecular weight excluding hydrogens is 306 g/mol. The highest BCUT2D eigenvalue weighted by Crippen LogP contribution is 2.26. The standard InChI is InChI=1S/C18H21N3O3/c1-11(2)14-9-15(20(3)19-14)17(22)21-10-13-7-5-4-6-12(13)8-16(21)18(23)24/h4-7,9,11,16H,8,10H2,1-3H3,(H,23,24)/t16-/m0/s1. The Kier molecular flexibility index (Phi) is 4.13. The third kappa shape index (κ3) is 2.79. The van der Waals surface area contributed by atoms with Gasteiger partial charge in [0.1, 0.15) is 11.7 Å². The molecule has 6 heteroatoms. The van der Waals surface area contributed by atoms with Gasteiger partial charge in [-0.2, -0.15) is 5.10 Å². The van der Waals surface area contributed by atoms with Crippen molar-refractivity contribution in [1.82, 2.24) is 14.7 Å². The second kappa shape index (κ2) is 6.11. The van der Waals surface area contributed by atoms with Gasteiger partial charge in [0.15, 0.2) is 0 Å². The van der Waals surface area contributed by atoms with Crippen molar-refractivity contribution in [3.05, 3.63) is 52.8 Å². The first kappa shape index (κ1) is 16.2. The topological polar surface area (TPSA) is 75.4 Å². The number of fused-ring (bicyclic) bond motifs is 1. The molecule has 1 aliphatic rings. The van der Waals surface area contributed by atoms with Gasteiger partial charge in [0, 0.05) is 20.0 Å². The van der Waals surface area contributed by atoms with E-state index in [1.165, 1.54) is 9.58 Å². The predicted octanol–water partition coefficient (Wildman–Crippen LogP) is 2.20. The summed E-state index contributed by atoms with van der Waals surface area (Å²) in [6.45, 7) is 4.32. The molecule has 1 atom stereocenters. The van der Waals surface area contributed by atoms with Crippen LogP contribution in [-0.2, 0) is 24.8 Å². The van der Waals surface area contributed by atoms with E-state index in [4.69, 9.17) is 0 Å². The summed E-state index contributed by atoms with van der Waals surface area (Å²) in [6, 6.07) is 8.57. The number of aryl methyl sites for hydroxylation is 1. The normalized spacial score (nSPS) is 17.0. The van der Waals surface area contributed by atoms with Gasteiger partial charge in [0.05, 0.1) is 5.69 Å². The van der Waals surface area contributed by atoms with Crippen molar-refractivity contribution in [2.24, 2.45) is 7.05 Å². The van der Waals surface area contributed by atoms with Crippen LogP contribution >= 0.6 is 0 Å². The van der Waals surface area contributed by atoms with E-state index in [0.29, 0.717) is 18.7 Å². The Morgan fingerprint density at radius 3 is 2.50 bits per heavy atom. The molecule has 0 unspecified atom stereocenters. The molecule has 0 radical (unpaired) electrons. The van der Waals surface area contributed by atoms with Crippen LogP contribution in [0.2, 0.25) is 0 Å². The summed E-state index contributed by atoms with van der Waals surface area (Å²) in [4.78, 5) is 26.1. The molecule has 1 aromatic carbocycles. The maximum Gasteiger partial charge on any atom is 0.326 e. The van der Waals surface area contributed by atoms with E-state index in [1.807, 2.05) is 38.1 Å². The SMILES string of the molecule is CC(C)c1cc(C(=O)N2Cc3ccccc3C[C@H]2C(=O)O)n(C)n1. The minimum absolute atomic E-state index is 0.204. The van der Waals surface area contributed by atoms with Crippen LogP contribution in [-0.4, -0.2) is 37.7 Å². The Labute approximate surface area is 140 Å². The Bertz CT molecular complexity index is 795. The lowest BCUT2D eigenvalue weighted by atomic mass is 9.93. The molecular formula is C18H21N3O3. The van der Waals surface area contributed by atoms with Crippen molar-refractivity contribution >= 4 is 11.9 Å². The molecule has 0 bridgehead atoms. The molecule has 24 heavy (non-hydrogen) atoms. The highest BCUT2D eigenvalue weighted by Gasteiger charge is 2.36. The van der Waals surface area contributed by atoms with E-state index in [0.717, 1.165) is 16.8 Å². The van der Waals surface area contributed by atoms with Crippen molar-refractivity contribution in [3.63, 3.8) is 0 Å². The highest BCUT2D eigenvalue weighted by molar-refractivity contribution is 5.95. The van der Waals surface area contributed by atoms with Gasteiger partial charge in [-0.3, -0.25) is 9.48 Å². The average molecular weight is 327 g/mol. The van der Waals surface area contributed by atoms with Gasteiger partial charge in [-0.15, -0.1) is 0 Å². The summed E-state index contributed by atoms with van der Waals surface area (Å²) >= 11 is 0. The lowest BCUT2D eigenvalue weighted by molar-refractivity contribution is -0.142. The van der Waals surface area contributed by atoms with Crippen LogP contribution in [0.3, 0.4) is 0 Å². The number of aliphatic carboxylic acids is 1. The molecule has 3 rings (SSSR count). The van der Waals surface area contributed by atoms with Crippen molar-refractivity contribution in [3.8, 4) is 0 Å². The molecule has 6 nitrogen and oxygen atoms in total. The lowest BCUT2D eigenvalue weighted by Crippen LogP contribution is -2.49. The summed E-state index contributed by atoms with van der Waals surface area (Å²) in [5.41, 5.74) is 3.23. The van der Waals surface area contributed by atoms with Gasteiger partial charge in [-0.1, -0.05) is 38.1 Å². The number of amides is 1. The lowest BCUT2D eigenvalue weighted by Gasteiger charge is -2.34. The first-order valence-electron chi connectivity index (χ1n) is 8.03. The molecule has 0 aliphatic carbocycles. The fourth-order valence-corrected chi connectivity index (χ4v) is 3.08. The number of carboxylic acids is 1. The first-order valence-corrected chi connectivity index (χ1v) is 8.03. The van der Waals surface area contributed by atoms with Crippen molar-refractivity contribution < 1.29 is 14.7 Å². The zero-order valence-electron chi connectivity index (χ0n) is 14.1. The molecule has 1 N–H and O–H groups in total. The predicted molar refractivity (Wildman–Crippen MR) is 88.7 cm³/mol. The third-order valence-electron chi connectivity index (χ3n) is 4.50. The van der Waals surface area contributed by atoms with Crippen molar-refractivity contribution in [2.75, 3.05) is 0 Å². The van der Waals surface area contributed by atoms with Crippen LogP contribution in [0.15, 0.2) is 30.3 Å². The van der Waals surface area contributed by atoms with E-state index >= 15 is 0 Å². The molecule has 2 heterocycles. The summed E-state index contributed by atoms with van der Waals surface area (Å²) in [7, 11) is 1.72. The molecule has 0 saturated heterocycles. The van der Waals surface area contributed by atoms with Crippen molar-refractivity contribution in [2.45, 2.75) is 38.8 Å². The number of carboxylic acid groups (broad SMARTS) is 1. The van der Waals surface area contributed by atoms with Gasteiger partial charge in [0.25, 0.3) is 5.91 Å². The molecule has 1 aliphatic heterocycles. The van der Waals surface area contributed by atoms with Crippen LogP contribution in [0.25, 0.3) is 0 Å². The maximum absolute atomic E-state index is 13.0. The first-order chi connectivity index (χ1) is 11.4. The van der Waals surface area contributed by atoms with E-state index in [9.17, 15) is 14.7 Å². The largest absolute Gasteiger partial charge is 0.480 e. The molecule has 0 saturated carbocycles. The number of aromatic nitrogens is 2. The fraction of sp³-hybridized carbons (Fsp3) is 0.389. The molecule has 2 aromatic rings. The zero-order chi connectivity index (χ0) is 17.4. The van der Waals surface area contributed by atoms with Crippen LogP contribution in [0.1, 0.15) is 47.1 Å². The van der Waals surface area contributed by atoms with Crippen molar-refractivity contribution in [1.29, 1.82) is 0 Å². The second-order valence-electron chi connectivity index (χ2n) is 6.49. The molecule has 1 aromatic heterocycles. The van der Waals surface area contributed by atoms with Gasteiger partial charge in [-0.05, 0) is 23.1 Å². The fourth-order valence-electron chi connectivity index (χ4n) is 3.08. The summed E-state index contributed by atoms with van der Waals surface area (Å²) in [5.74, 6) is -1.07. The van der Waals surface area contributed by atoms with Crippen LogP contribution in [0.5, 0.6) is 0 Å². The minimum Gasteiger partial charge on any atom is -0.480 e. The van der Waals surface area contributed by atoms with Crippen LogP contribution < -0.4 is 0 Å². The Balaban J connectivity index is 1.97. The van der Waals surface area contributed by atoms with E-state index in [-0.39, 0.29) is 11.8 Å². The third-order valence-corrected chi connectivity index (χ3v) is 4.50. The summed E-state index contributed by atoms with van der Waals surface area (Å²) < 4.78 is 1.54. The zero-order valence-corrected chi connectivity index (χ0v) is 14.1. The number of benzene rings is 1. The minimum atomic E-state index is -0.982. The van der Waals surface area contributed by atoms with Crippen LogP contribution in [0.4, 0.5) is 0 Å². The molecule has 0 spiro atoms. The Morgan fingerprint density at radius 1 is 1.25 bits per heavy atom. The molecule has 1 amide bonds. The smallest absolute Gasteiger partial charge is 0.326 e. The number of hydrogen-bond acceptors (Lipinski definition) is 3. The highest BCUT2D eigenvalue weighted by atomic mass is 16.4. The van der Waals surface area contributed by atoms with E-state index < -0.39 is 12.0 Å².